The van der Waals surface area contributed by atoms with Gasteiger partial charge in [-0.15, -0.1) is 0 Å². The Morgan fingerprint density at radius 1 is 1.50 bits per heavy atom. The lowest BCUT2D eigenvalue weighted by Gasteiger charge is -2.08. The molecule has 0 saturated heterocycles. The van der Waals surface area contributed by atoms with Crippen LogP contribution in [0.3, 0.4) is 0 Å². The molecule has 0 bridgehead atoms. The lowest BCUT2D eigenvalue weighted by molar-refractivity contribution is -0.385. The molecule has 0 aliphatic rings. The molecule has 0 saturated carbocycles. The second-order valence-corrected chi connectivity index (χ2v) is 4.99. The molecule has 1 aromatic heterocycles. The normalized spacial score (nSPS) is 10.4. The first-order valence-electron chi connectivity index (χ1n) is 6.51. The summed E-state index contributed by atoms with van der Waals surface area (Å²) >= 11 is 0. The topological polar surface area (TPSA) is 97.2 Å². The molecule has 20 heavy (non-hydrogen) atoms. The molecule has 0 aliphatic heterocycles. The molecule has 2 N–H and O–H groups in total. The molecular weight excluding hydrogens is 260 g/mol. The fourth-order valence-electron chi connectivity index (χ4n) is 1.52. The summed E-state index contributed by atoms with van der Waals surface area (Å²) in [4.78, 5) is 25.9. The SMILES string of the molecule is Cc1cnc(NCCC(=O)NCC(C)C)cc1[N+](=O)[O-]. The lowest BCUT2D eigenvalue weighted by atomic mass is 10.2. The maximum absolute atomic E-state index is 11.5. The molecule has 1 aromatic rings. The number of carbonyl (C=O) groups excluding carboxylic acids is 1. The second-order valence-electron chi connectivity index (χ2n) is 4.99. The number of amides is 1. The molecule has 0 radical (unpaired) electrons. The smallest absolute Gasteiger partial charge is 0.277 e. The molecule has 7 nitrogen and oxygen atoms in total. The summed E-state index contributed by atoms with van der Waals surface area (Å²) in [5, 5.41) is 16.5. The van der Waals surface area contributed by atoms with E-state index >= 15 is 0 Å². The minimum atomic E-state index is -0.447. The number of carbonyl (C=O) groups is 1. The van der Waals surface area contributed by atoms with Crippen LogP contribution in [0.4, 0.5) is 11.5 Å². The van der Waals surface area contributed by atoms with Crippen molar-refractivity contribution >= 4 is 17.4 Å². The van der Waals surface area contributed by atoms with E-state index in [4.69, 9.17) is 0 Å². The van der Waals surface area contributed by atoms with Crippen molar-refractivity contribution in [3.63, 3.8) is 0 Å². The van der Waals surface area contributed by atoms with Gasteiger partial charge in [-0.1, -0.05) is 13.8 Å². The molecule has 1 amide bonds. The van der Waals surface area contributed by atoms with Crippen LogP contribution < -0.4 is 10.6 Å². The number of nitrogens with zero attached hydrogens (tertiary/aromatic N) is 2. The van der Waals surface area contributed by atoms with Crippen molar-refractivity contribution < 1.29 is 9.72 Å². The van der Waals surface area contributed by atoms with E-state index < -0.39 is 4.92 Å². The summed E-state index contributed by atoms with van der Waals surface area (Å²) in [6, 6.07) is 1.38. The predicted octanol–water partition coefficient (Wildman–Crippen LogP) is 1.87. The number of aromatic nitrogens is 1. The highest BCUT2D eigenvalue weighted by molar-refractivity contribution is 5.76. The molecule has 0 unspecified atom stereocenters. The maximum Gasteiger partial charge on any atom is 0.277 e. The van der Waals surface area contributed by atoms with Crippen LogP contribution in [0.15, 0.2) is 12.3 Å². The number of aryl methyl sites for hydroxylation is 1. The zero-order valence-corrected chi connectivity index (χ0v) is 12.0. The number of hydrogen-bond acceptors (Lipinski definition) is 5. The summed E-state index contributed by atoms with van der Waals surface area (Å²) in [6.45, 7) is 6.71. The lowest BCUT2D eigenvalue weighted by Crippen LogP contribution is -2.28. The van der Waals surface area contributed by atoms with Gasteiger partial charge in [0.2, 0.25) is 5.91 Å². The van der Waals surface area contributed by atoms with Crippen LogP contribution in [0.5, 0.6) is 0 Å². The number of anilines is 1. The Kier molecular flexibility index (Phi) is 5.89. The highest BCUT2D eigenvalue weighted by Gasteiger charge is 2.12. The minimum absolute atomic E-state index is 0.0201. The molecule has 7 heteroatoms. The van der Waals surface area contributed by atoms with E-state index in [1.807, 2.05) is 13.8 Å². The van der Waals surface area contributed by atoms with E-state index in [1.54, 1.807) is 6.92 Å². The molecule has 110 valence electrons. The molecule has 0 spiro atoms. The van der Waals surface area contributed by atoms with Crippen molar-refractivity contribution in [3.05, 3.63) is 27.9 Å². The largest absolute Gasteiger partial charge is 0.369 e. The highest BCUT2D eigenvalue weighted by atomic mass is 16.6. The monoisotopic (exact) mass is 280 g/mol. The van der Waals surface area contributed by atoms with E-state index in [2.05, 4.69) is 15.6 Å². The Hall–Kier alpha value is -2.18. The molecule has 0 aromatic carbocycles. The number of pyridine rings is 1. The zero-order valence-electron chi connectivity index (χ0n) is 12.0. The van der Waals surface area contributed by atoms with Crippen LogP contribution in [0.1, 0.15) is 25.8 Å². The van der Waals surface area contributed by atoms with Crippen molar-refractivity contribution in [1.29, 1.82) is 0 Å². The first-order chi connectivity index (χ1) is 9.40. The van der Waals surface area contributed by atoms with Crippen molar-refractivity contribution in [1.82, 2.24) is 10.3 Å². The molecule has 1 rings (SSSR count). The summed E-state index contributed by atoms with van der Waals surface area (Å²) in [7, 11) is 0. The third kappa shape index (κ3) is 5.21. The van der Waals surface area contributed by atoms with Gasteiger partial charge < -0.3 is 10.6 Å². The van der Waals surface area contributed by atoms with Crippen LogP contribution in [0.2, 0.25) is 0 Å². The van der Waals surface area contributed by atoms with E-state index in [1.165, 1.54) is 12.3 Å². The van der Waals surface area contributed by atoms with Gasteiger partial charge in [0.25, 0.3) is 5.69 Å². The summed E-state index contributed by atoms with van der Waals surface area (Å²) in [6.07, 6.45) is 1.75. The molecule has 0 atom stereocenters. The van der Waals surface area contributed by atoms with Gasteiger partial charge in [0.05, 0.1) is 11.0 Å². The van der Waals surface area contributed by atoms with Crippen LogP contribution >= 0.6 is 0 Å². The molecule has 1 heterocycles. The highest BCUT2D eigenvalue weighted by Crippen LogP contribution is 2.19. The van der Waals surface area contributed by atoms with Gasteiger partial charge >= 0.3 is 0 Å². The maximum atomic E-state index is 11.5. The number of nitro groups is 1. The Bertz CT molecular complexity index is 489. The van der Waals surface area contributed by atoms with Crippen molar-refractivity contribution in [2.24, 2.45) is 5.92 Å². The summed E-state index contributed by atoms with van der Waals surface area (Å²) < 4.78 is 0. The minimum Gasteiger partial charge on any atom is -0.369 e. The number of nitrogens with one attached hydrogen (secondary N) is 2. The fourth-order valence-corrected chi connectivity index (χ4v) is 1.52. The fraction of sp³-hybridized carbons (Fsp3) is 0.538. The molecular formula is C13H20N4O3. The van der Waals surface area contributed by atoms with Gasteiger partial charge in [-0.25, -0.2) is 4.98 Å². The summed E-state index contributed by atoms with van der Waals surface area (Å²) in [5.41, 5.74) is 0.530. The number of hydrogen-bond donors (Lipinski definition) is 2. The van der Waals surface area contributed by atoms with Crippen molar-refractivity contribution in [2.75, 3.05) is 18.4 Å². The van der Waals surface area contributed by atoms with E-state index in [9.17, 15) is 14.9 Å². The van der Waals surface area contributed by atoms with Crippen molar-refractivity contribution in [2.45, 2.75) is 27.2 Å². The third-order valence-corrected chi connectivity index (χ3v) is 2.64. The van der Waals surface area contributed by atoms with Gasteiger partial charge in [-0.05, 0) is 12.8 Å². The molecule has 0 aliphatic carbocycles. The van der Waals surface area contributed by atoms with E-state index in [-0.39, 0.29) is 11.6 Å². The van der Waals surface area contributed by atoms with E-state index in [0.717, 1.165) is 0 Å². The third-order valence-electron chi connectivity index (χ3n) is 2.64. The Balaban J connectivity index is 2.44. The van der Waals surface area contributed by atoms with Gasteiger partial charge in [-0.2, -0.15) is 0 Å². The average molecular weight is 280 g/mol. The standard InChI is InChI=1S/C13H20N4O3/c1-9(2)7-16-13(18)4-5-14-12-6-11(17(19)20)10(3)8-15-12/h6,8-9H,4-5,7H2,1-3H3,(H,14,15)(H,16,18). The van der Waals surface area contributed by atoms with E-state index in [0.29, 0.717) is 36.8 Å². The van der Waals surface area contributed by atoms with Crippen LogP contribution in [-0.4, -0.2) is 28.9 Å². The predicted molar refractivity (Wildman–Crippen MR) is 76.6 cm³/mol. The Labute approximate surface area is 117 Å². The number of rotatable bonds is 7. The Morgan fingerprint density at radius 2 is 2.20 bits per heavy atom. The van der Waals surface area contributed by atoms with Crippen LogP contribution in [0.25, 0.3) is 0 Å². The van der Waals surface area contributed by atoms with Gasteiger partial charge in [0, 0.05) is 31.3 Å². The Morgan fingerprint density at radius 3 is 2.80 bits per heavy atom. The van der Waals surface area contributed by atoms with Crippen molar-refractivity contribution in [3.8, 4) is 0 Å². The first-order valence-corrected chi connectivity index (χ1v) is 6.51. The van der Waals surface area contributed by atoms with Gasteiger partial charge in [0.1, 0.15) is 5.82 Å². The van der Waals surface area contributed by atoms with Crippen LogP contribution in [0, 0.1) is 23.0 Å². The van der Waals surface area contributed by atoms with Gasteiger partial charge in [0.15, 0.2) is 0 Å². The average Bonchev–Trinajstić information content (AvgIpc) is 2.38. The summed E-state index contributed by atoms with van der Waals surface area (Å²) in [5.74, 6) is 0.764. The quantitative estimate of drug-likeness (QED) is 0.587. The van der Waals surface area contributed by atoms with Gasteiger partial charge in [-0.3, -0.25) is 14.9 Å². The first kappa shape index (κ1) is 15.9. The molecule has 0 fully saturated rings. The second kappa shape index (κ2) is 7.42. The van der Waals surface area contributed by atoms with Crippen LogP contribution in [-0.2, 0) is 4.79 Å². The zero-order chi connectivity index (χ0) is 15.1.